The van der Waals surface area contributed by atoms with Crippen molar-refractivity contribution >= 4 is 27.5 Å². The van der Waals surface area contributed by atoms with Crippen LogP contribution in [0.1, 0.15) is 24.2 Å². The number of cyclic esters (lactones) is 1. The number of nitrogens with one attached hydrogen (secondary N) is 1. The lowest BCUT2D eigenvalue weighted by molar-refractivity contribution is -0.119. The van der Waals surface area contributed by atoms with Gasteiger partial charge in [-0.3, -0.25) is 9.69 Å². The number of hydrogen-bond acceptors (Lipinski definition) is 5. The molecular formula is C17H19FN2O5S. The Labute approximate surface area is 150 Å². The van der Waals surface area contributed by atoms with Crippen LogP contribution in [0, 0.1) is 5.82 Å². The minimum Gasteiger partial charge on any atom is -0.442 e. The molecule has 7 nitrogen and oxygen atoms in total. The summed E-state index contributed by atoms with van der Waals surface area (Å²) in [4.78, 5) is 24.2. The molecule has 1 aromatic carbocycles. The molecule has 3 rings (SSSR count). The molecule has 1 unspecified atom stereocenters. The summed E-state index contributed by atoms with van der Waals surface area (Å²) in [5.74, 6) is -1.02. The number of sulfone groups is 1. The highest BCUT2D eigenvalue weighted by molar-refractivity contribution is 7.91. The third-order valence-electron chi connectivity index (χ3n) is 4.37. The van der Waals surface area contributed by atoms with Gasteiger partial charge >= 0.3 is 6.09 Å². The number of carbonyl (C=O) groups excluding carboxylic acids is 2. The molecule has 0 saturated carbocycles. The fraction of sp³-hybridized carbons (Fsp3) is 0.412. The predicted molar refractivity (Wildman–Crippen MR) is 93.0 cm³/mol. The van der Waals surface area contributed by atoms with Crippen LogP contribution in [0.3, 0.4) is 0 Å². The monoisotopic (exact) mass is 382 g/mol. The molecule has 0 radical (unpaired) electrons. The summed E-state index contributed by atoms with van der Waals surface area (Å²) in [5.41, 5.74) is 0.380. The van der Waals surface area contributed by atoms with Crippen molar-refractivity contribution in [1.82, 2.24) is 5.32 Å². The minimum absolute atomic E-state index is 0.0976. The Bertz CT molecular complexity index is 868. The second-order valence-electron chi connectivity index (χ2n) is 6.28. The van der Waals surface area contributed by atoms with Gasteiger partial charge in [0.2, 0.25) is 5.91 Å². The average Bonchev–Trinajstić information content (AvgIpc) is 2.94. The van der Waals surface area contributed by atoms with Crippen LogP contribution in [0.25, 0.3) is 0 Å². The van der Waals surface area contributed by atoms with Gasteiger partial charge in [0.25, 0.3) is 0 Å². The van der Waals surface area contributed by atoms with Crippen LogP contribution >= 0.6 is 0 Å². The normalized spacial score (nSPS) is 24.4. The number of halogens is 1. The Morgan fingerprint density at radius 1 is 1.38 bits per heavy atom. The summed E-state index contributed by atoms with van der Waals surface area (Å²) < 4.78 is 44.0. The van der Waals surface area contributed by atoms with Gasteiger partial charge in [-0.15, -0.1) is 0 Å². The van der Waals surface area contributed by atoms with E-state index >= 15 is 0 Å². The molecule has 0 bridgehead atoms. The molecule has 1 fully saturated rings. The Hall–Kier alpha value is -2.42. The number of anilines is 1. The summed E-state index contributed by atoms with van der Waals surface area (Å²) in [7, 11) is -3.44. The minimum atomic E-state index is -3.44. The highest BCUT2D eigenvalue weighted by Crippen LogP contribution is 2.34. The number of amides is 2. The molecule has 2 amide bonds. The van der Waals surface area contributed by atoms with Gasteiger partial charge in [-0.05, 0) is 18.6 Å². The summed E-state index contributed by atoms with van der Waals surface area (Å²) in [6, 6.07) is 4.06. The van der Waals surface area contributed by atoms with Crippen LogP contribution in [0.2, 0.25) is 0 Å². The summed E-state index contributed by atoms with van der Waals surface area (Å²) in [6.07, 6.45) is 2.35. The van der Waals surface area contributed by atoms with Crippen molar-refractivity contribution in [2.24, 2.45) is 0 Å². The van der Waals surface area contributed by atoms with Crippen molar-refractivity contribution in [3.05, 3.63) is 41.7 Å². The van der Waals surface area contributed by atoms with Gasteiger partial charge in [-0.1, -0.05) is 18.2 Å². The van der Waals surface area contributed by atoms with Gasteiger partial charge in [0.05, 0.1) is 29.8 Å². The Balaban J connectivity index is 1.79. The van der Waals surface area contributed by atoms with E-state index in [2.05, 4.69) is 5.32 Å². The zero-order valence-electron chi connectivity index (χ0n) is 14.1. The van der Waals surface area contributed by atoms with Crippen molar-refractivity contribution in [3.63, 3.8) is 0 Å². The molecule has 2 aliphatic heterocycles. The highest BCUT2D eigenvalue weighted by atomic mass is 32.2. The number of hydrogen-bond donors (Lipinski definition) is 1. The van der Waals surface area contributed by atoms with Gasteiger partial charge in [-0.2, -0.15) is 0 Å². The van der Waals surface area contributed by atoms with Crippen LogP contribution < -0.4 is 10.2 Å². The molecule has 140 valence electrons. The number of nitrogens with zero attached hydrogens (tertiary/aromatic N) is 1. The highest BCUT2D eigenvalue weighted by Gasteiger charge is 2.34. The van der Waals surface area contributed by atoms with Crippen molar-refractivity contribution in [1.29, 1.82) is 0 Å². The van der Waals surface area contributed by atoms with E-state index in [0.717, 1.165) is 6.07 Å². The van der Waals surface area contributed by atoms with Crippen LogP contribution in [-0.4, -0.2) is 45.4 Å². The molecule has 2 heterocycles. The van der Waals surface area contributed by atoms with E-state index in [0.29, 0.717) is 0 Å². The topological polar surface area (TPSA) is 92.8 Å². The maximum absolute atomic E-state index is 14.6. The van der Waals surface area contributed by atoms with Crippen LogP contribution in [0.4, 0.5) is 14.9 Å². The number of benzene rings is 1. The summed E-state index contributed by atoms with van der Waals surface area (Å²) in [5, 5.41) is 1.65. The third-order valence-corrected chi connectivity index (χ3v) is 6.34. The third kappa shape index (κ3) is 3.72. The van der Waals surface area contributed by atoms with Crippen molar-refractivity contribution < 1.29 is 27.1 Å². The van der Waals surface area contributed by atoms with Crippen LogP contribution in [0.5, 0.6) is 0 Å². The zero-order chi connectivity index (χ0) is 18.9. The van der Waals surface area contributed by atoms with Gasteiger partial charge in [0.1, 0.15) is 11.9 Å². The molecule has 1 saturated heterocycles. The van der Waals surface area contributed by atoms with Gasteiger partial charge < -0.3 is 10.1 Å². The molecule has 2 atom stereocenters. The quantitative estimate of drug-likeness (QED) is 0.800. The fourth-order valence-corrected chi connectivity index (χ4v) is 4.67. The zero-order valence-corrected chi connectivity index (χ0v) is 15.0. The Morgan fingerprint density at radius 3 is 2.81 bits per heavy atom. The van der Waals surface area contributed by atoms with Crippen molar-refractivity contribution in [2.75, 3.05) is 23.7 Å². The first-order chi connectivity index (χ1) is 12.3. The van der Waals surface area contributed by atoms with Crippen molar-refractivity contribution in [2.45, 2.75) is 24.7 Å². The van der Waals surface area contributed by atoms with E-state index in [9.17, 15) is 22.4 Å². The molecule has 0 spiro atoms. The second-order valence-corrected chi connectivity index (χ2v) is 8.51. The maximum atomic E-state index is 14.6. The first-order valence-corrected chi connectivity index (χ1v) is 9.88. The van der Waals surface area contributed by atoms with E-state index < -0.39 is 33.1 Å². The van der Waals surface area contributed by atoms with Crippen LogP contribution in [-0.2, 0) is 19.4 Å². The Kier molecular flexibility index (Phi) is 4.99. The molecule has 0 aromatic heterocycles. The SMILES string of the molecule is CC(=O)NCC1CN(c2ccc([C@@H]3CC=CCS3(=O)=O)c(F)c2)C(=O)O1. The summed E-state index contributed by atoms with van der Waals surface area (Å²) >= 11 is 0. The first kappa shape index (κ1) is 18.4. The lowest BCUT2D eigenvalue weighted by Gasteiger charge is -2.21. The van der Waals surface area contributed by atoms with Gasteiger partial charge in [-0.25, -0.2) is 17.6 Å². The second kappa shape index (κ2) is 7.06. The molecule has 0 aliphatic carbocycles. The lowest BCUT2D eigenvalue weighted by Crippen LogP contribution is -2.33. The smallest absolute Gasteiger partial charge is 0.414 e. The van der Waals surface area contributed by atoms with Crippen molar-refractivity contribution in [3.8, 4) is 0 Å². The van der Waals surface area contributed by atoms with E-state index in [1.165, 1.54) is 24.0 Å². The maximum Gasteiger partial charge on any atom is 0.414 e. The molecule has 9 heteroatoms. The van der Waals surface area contributed by atoms with E-state index in [-0.39, 0.29) is 42.4 Å². The van der Waals surface area contributed by atoms with Crippen LogP contribution in [0.15, 0.2) is 30.4 Å². The number of ether oxygens (including phenoxy) is 1. The Morgan fingerprint density at radius 2 is 2.15 bits per heavy atom. The molecule has 1 N–H and O–H groups in total. The molecule has 26 heavy (non-hydrogen) atoms. The molecule has 1 aromatic rings. The predicted octanol–water partition coefficient (Wildman–Crippen LogP) is 1.70. The average molecular weight is 382 g/mol. The summed E-state index contributed by atoms with van der Waals surface area (Å²) in [6.45, 7) is 1.70. The first-order valence-electron chi connectivity index (χ1n) is 8.16. The largest absolute Gasteiger partial charge is 0.442 e. The number of carbonyl (C=O) groups is 2. The number of allylic oxidation sites excluding steroid dienone is 1. The fourth-order valence-electron chi connectivity index (χ4n) is 3.05. The van der Waals surface area contributed by atoms with E-state index in [1.54, 1.807) is 12.2 Å². The van der Waals surface area contributed by atoms with Gasteiger partial charge in [0, 0.05) is 12.5 Å². The molecule has 2 aliphatic rings. The lowest BCUT2D eigenvalue weighted by atomic mass is 10.1. The standard InChI is InChI=1S/C17H19FN2O5S/c1-11(21)19-9-13-10-20(17(22)25-13)12-5-6-14(15(18)8-12)16-4-2-3-7-26(16,23)24/h2-3,5-6,8,13,16H,4,7,9-10H2,1H3,(H,19,21)/t13?,16-/m0/s1. The van der Waals surface area contributed by atoms with E-state index in [1.807, 2.05) is 0 Å². The van der Waals surface area contributed by atoms with E-state index in [4.69, 9.17) is 4.74 Å². The molecular weight excluding hydrogens is 363 g/mol. The van der Waals surface area contributed by atoms with Gasteiger partial charge in [0.15, 0.2) is 9.84 Å². The number of rotatable bonds is 4.